The fraction of sp³-hybridized carbons (Fsp3) is 0.250. The largest absolute Gasteiger partial charge is 0.403 e. The van der Waals surface area contributed by atoms with E-state index >= 15 is 0 Å². The number of rotatable bonds is 2. The maximum absolute atomic E-state index is 12.0. The van der Waals surface area contributed by atoms with Crippen LogP contribution in [0, 0.1) is 0 Å². The summed E-state index contributed by atoms with van der Waals surface area (Å²) >= 11 is 5.50. The maximum atomic E-state index is 12.0. The zero-order valence-electron chi connectivity index (χ0n) is 7.75. The lowest BCUT2D eigenvalue weighted by atomic mass is 10.3. The van der Waals surface area contributed by atoms with E-state index in [2.05, 4.69) is 0 Å². The van der Waals surface area contributed by atoms with Gasteiger partial charge in [0.05, 0.1) is 10.6 Å². The van der Waals surface area contributed by atoms with Gasteiger partial charge in [-0.15, -0.1) is 0 Å². The van der Waals surface area contributed by atoms with E-state index in [1.54, 1.807) is 0 Å². The van der Waals surface area contributed by atoms with Crippen LogP contribution >= 0.6 is 11.6 Å². The van der Waals surface area contributed by atoms with E-state index in [-0.39, 0.29) is 10.7 Å². The van der Waals surface area contributed by atoms with Gasteiger partial charge in [-0.05, 0) is 18.2 Å². The molecule has 3 nitrogen and oxygen atoms in total. The van der Waals surface area contributed by atoms with Gasteiger partial charge in [-0.2, -0.15) is 13.2 Å². The number of nitrogen functional groups attached to an aromatic ring is 1. The summed E-state index contributed by atoms with van der Waals surface area (Å²) in [6.45, 7) is 0. The van der Waals surface area contributed by atoms with Gasteiger partial charge >= 0.3 is 6.18 Å². The molecule has 1 aromatic rings. The van der Waals surface area contributed by atoms with Crippen molar-refractivity contribution in [3.63, 3.8) is 0 Å². The summed E-state index contributed by atoms with van der Waals surface area (Å²) in [4.78, 5) is -0.561. The molecule has 0 unspecified atom stereocenters. The highest BCUT2D eigenvalue weighted by molar-refractivity contribution is 7.91. The topological polar surface area (TPSA) is 60.2 Å². The molecule has 8 heteroatoms. The predicted octanol–water partition coefficient (Wildman–Crippen LogP) is 2.26. The third-order valence-electron chi connectivity index (χ3n) is 1.66. The smallest absolute Gasteiger partial charge is 0.398 e. The van der Waals surface area contributed by atoms with Gasteiger partial charge in [-0.3, -0.25) is 0 Å². The average Bonchev–Trinajstić information content (AvgIpc) is 1.97. The Labute approximate surface area is 94.9 Å². The Morgan fingerprint density at radius 3 is 2.31 bits per heavy atom. The van der Waals surface area contributed by atoms with Crippen LogP contribution in [0.1, 0.15) is 0 Å². The molecule has 0 atom stereocenters. The number of benzene rings is 1. The molecule has 0 radical (unpaired) electrons. The first kappa shape index (κ1) is 13.1. The molecule has 0 aromatic heterocycles. The zero-order chi connectivity index (χ0) is 12.6. The molecule has 0 saturated carbocycles. The standard InChI is InChI=1S/C8H7ClF3NO2S/c9-5-1-2-7(6(13)3-5)16(14,15)4-8(10,11)12/h1-3H,4,13H2. The first-order valence-corrected chi connectivity index (χ1v) is 5.99. The molecule has 0 saturated heterocycles. The summed E-state index contributed by atoms with van der Waals surface area (Å²) in [6, 6.07) is 3.21. The van der Waals surface area contributed by atoms with Crippen molar-refractivity contribution in [2.45, 2.75) is 11.1 Å². The van der Waals surface area contributed by atoms with E-state index in [1.165, 1.54) is 6.07 Å². The van der Waals surface area contributed by atoms with Crippen molar-refractivity contribution in [2.75, 3.05) is 11.5 Å². The van der Waals surface area contributed by atoms with Crippen LogP contribution in [0.4, 0.5) is 18.9 Å². The Hall–Kier alpha value is -0.950. The van der Waals surface area contributed by atoms with Crippen LogP contribution in [0.3, 0.4) is 0 Å². The molecule has 0 aliphatic rings. The summed E-state index contributed by atoms with van der Waals surface area (Å²) in [7, 11) is -4.47. The maximum Gasteiger partial charge on any atom is 0.403 e. The molecule has 1 aromatic carbocycles. The highest BCUT2D eigenvalue weighted by Crippen LogP contribution is 2.27. The Bertz CT molecular complexity index is 498. The van der Waals surface area contributed by atoms with E-state index in [0.717, 1.165) is 12.1 Å². The van der Waals surface area contributed by atoms with Gasteiger partial charge in [-0.1, -0.05) is 11.6 Å². The molecule has 0 spiro atoms. The van der Waals surface area contributed by atoms with Crippen LogP contribution in [0.25, 0.3) is 0 Å². The molecular formula is C8H7ClF3NO2S. The van der Waals surface area contributed by atoms with Crippen molar-refractivity contribution < 1.29 is 21.6 Å². The monoisotopic (exact) mass is 273 g/mol. The summed E-state index contributed by atoms with van der Waals surface area (Å²) in [5.74, 6) is -1.94. The third kappa shape index (κ3) is 3.28. The fourth-order valence-corrected chi connectivity index (χ4v) is 2.56. The van der Waals surface area contributed by atoms with Gasteiger partial charge in [0, 0.05) is 5.02 Å². The molecule has 0 aliphatic carbocycles. The van der Waals surface area contributed by atoms with Crippen molar-refractivity contribution in [2.24, 2.45) is 0 Å². The van der Waals surface area contributed by atoms with Crippen molar-refractivity contribution in [1.29, 1.82) is 0 Å². The molecule has 0 amide bonds. The molecule has 0 heterocycles. The Balaban J connectivity index is 3.18. The summed E-state index contributed by atoms with van der Waals surface area (Å²) in [5.41, 5.74) is 5.00. The van der Waals surface area contributed by atoms with Gasteiger partial charge in [-0.25, -0.2) is 8.42 Å². The number of hydrogen-bond donors (Lipinski definition) is 1. The number of nitrogens with two attached hydrogens (primary N) is 1. The number of anilines is 1. The number of sulfone groups is 1. The number of hydrogen-bond acceptors (Lipinski definition) is 3. The first-order valence-electron chi connectivity index (χ1n) is 3.96. The van der Waals surface area contributed by atoms with E-state index in [9.17, 15) is 21.6 Å². The van der Waals surface area contributed by atoms with E-state index in [1.807, 2.05) is 0 Å². The molecule has 1 rings (SSSR count). The van der Waals surface area contributed by atoms with Gasteiger partial charge < -0.3 is 5.73 Å². The normalized spacial score (nSPS) is 12.8. The molecule has 16 heavy (non-hydrogen) atoms. The van der Waals surface area contributed by atoms with Crippen molar-refractivity contribution in [3.05, 3.63) is 23.2 Å². The van der Waals surface area contributed by atoms with Gasteiger partial charge in [0.2, 0.25) is 0 Å². The lowest BCUT2D eigenvalue weighted by Crippen LogP contribution is -2.23. The Kier molecular flexibility index (Phi) is 3.39. The minimum absolute atomic E-state index is 0.156. The lowest BCUT2D eigenvalue weighted by Gasteiger charge is -2.09. The number of alkyl halides is 3. The van der Waals surface area contributed by atoms with E-state index in [4.69, 9.17) is 17.3 Å². The molecule has 0 aliphatic heterocycles. The molecule has 2 N–H and O–H groups in total. The minimum atomic E-state index is -4.80. The SMILES string of the molecule is Nc1cc(Cl)ccc1S(=O)(=O)CC(F)(F)F. The summed E-state index contributed by atoms with van der Waals surface area (Å²) < 4.78 is 58.7. The van der Waals surface area contributed by atoms with Crippen LogP contribution in [-0.2, 0) is 9.84 Å². The molecule has 90 valence electrons. The third-order valence-corrected chi connectivity index (χ3v) is 3.64. The lowest BCUT2D eigenvalue weighted by molar-refractivity contribution is -0.106. The molecular weight excluding hydrogens is 267 g/mol. The summed E-state index contributed by atoms with van der Waals surface area (Å²) in [5, 5.41) is 0.156. The number of halogens is 4. The predicted molar refractivity (Wildman–Crippen MR) is 54.0 cm³/mol. The second-order valence-corrected chi connectivity index (χ2v) is 5.45. The Morgan fingerprint density at radius 1 is 1.31 bits per heavy atom. The Morgan fingerprint density at radius 2 is 1.88 bits per heavy atom. The quantitative estimate of drug-likeness (QED) is 0.841. The van der Waals surface area contributed by atoms with Crippen LogP contribution in [0.15, 0.2) is 23.1 Å². The zero-order valence-corrected chi connectivity index (χ0v) is 9.33. The van der Waals surface area contributed by atoms with Crippen LogP contribution in [-0.4, -0.2) is 20.3 Å². The van der Waals surface area contributed by atoms with Crippen LogP contribution in [0.5, 0.6) is 0 Å². The average molecular weight is 274 g/mol. The van der Waals surface area contributed by atoms with E-state index in [0.29, 0.717) is 0 Å². The van der Waals surface area contributed by atoms with Crippen molar-refractivity contribution in [3.8, 4) is 0 Å². The minimum Gasteiger partial charge on any atom is -0.398 e. The van der Waals surface area contributed by atoms with Gasteiger partial charge in [0.25, 0.3) is 0 Å². The van der Waals surface area contributed by atoms with Crippen molar-refractivity contribution >= 4 is 27.1 Å². The van der Waals surface area contributed by atoms with Crippen molar-refractivity contribution in [1.82, 2.24) is 0 Å². The second-order valence-electron chi connectivity index (χ2n) is 3.06. The molecule has 0 bridgehead atoms. The highest BCUT2D eigenvalue weighted by atomic mass is 35.5. The second kappa shape index (κ2) is 4.14. The van der Waals surface area contributed by atoms with E-state index < -0.39 is 26.7 Å². The van der Waals surface area contributed by atoms with Gasteiger partial charge in [0.1, 0.15) is 0 Å². The highest BCUT2D eigenvalue weighted by Gasteiger charge is 2.36. The summed E-state index contributed by atoms with van der Waals surface area (Å²) in [6.07, 6.45) is -4.80. The van der Waals surface area contributed by atoms with Crippen LogP contribution in [0.2, 0.25) is 5.02 Å². The first-order chi connectivity index (χ1) is 7.12. The van der Waals surface area contributed by atoms with Crippen LogP contribution < -0.4 is 5.73 Å². The molecule has 0 fully saturated rings. The van der Waals surface area contributed by atoms with Gasteiger partial charge in [0.15, 0.2) is 15.6 Å². The fourth-order valence-electron chi connectivity index (χ4n) is 1.10.